The molecule has 0 amide bonds. The van der Waals surface area contributed by atoms with E-state index in [1.807, 2.05) is 0 Å². The second-order valence-corrected chi connectivity index (χ2v) is 12.6. The number of halogens is 2. The van der Waals surface area contributed by atoms with Crippen molar-refractivity contribution in [2.24, 2.45) is 0 Å². The molecule has 0 saturated carbocycles. The Morgan fingerprint density at radius 1 is 0.205 bits per heavy atom. The van der Waals surface area contributed by atoms with E-state index >= 15 is 0 Å². The predicted molar refractivity (Wildman–Crippen MR) is 194 cm³/mol. The van der Waals surface area contributed by atoms with Gasteiger partial charge in [-0.05, 0) is 91.0 Å². The van der Waals surface area contributed by atoms with Gasteiger partial charge in [-0.2, -0.15) is 0 Å². The fourth-order valence-electron chi connectivity index (χ4n) is 6.13. The minimum Gasteiger partial charge on any atom is -0.0622 e. The van der Waals surface area contributed by atoms with Gasteiger partial charge in [-0.25, -0.2) is 0 Å². The summed E-state index contributed by atoms with van der Waals surface area (Å²) in [5.41, 5.74) is 14.4. The van der Waals surface area contributed by atoms with Crippen LogP contribution in [0.15, 0.2) is 179 Å². The quantitative estimate of drug-likeness (QED) is 0.163. The molecule has 0 aliphatic carbocycles. The van der Waals surface area contributed by atoms with E-state index in [4.69, 9.17) is 0 Å². The molecule has 0 unspecified atom stereocenters. The molecule has 0 aliphatic rings. The van der Waals surface area contributed by atoms with Gasteiger partial charge in [0.25, 0.3) is 0 Å². The molecular formula is C42H28Br2. The maximum absolute atomic E-state index is 3.69. The molecule has 44 heavy (non-hydrogen) atoms. The first-order valence-electron chi connectivity index (χ1n) is 14.7. The number of benzene rings is 7. The molecule has 0 fully saturated rings. The Kier molecular flexibility index (Phi) is 8.11. The minimum atomic E-state index is 1.06. The van der Waals surface area contributed by atoms with Crippen molar-refractivity contribution in [2.75, 3.05) is 0 Å². The van der Waals surface area contributed by atoms with Crippen LogP contribution in [0.1, 0.15) is 0 Å². The van der Waals surface area contributed by atoms with Gasteiger partial charge in [0.15, 0.2) is 0 Å². The molecule has 0 atom stereocenters. The maximum Gasteiger partial charge on any atom is 0.0175 e. The van der Waals surface area contributed by atoms with E-state index in [-0.39, 0.29) is 0 Å². The highest BCUT2D eigenvalue weighted by molar-refractivity contribution is 9.10. The van der Waals surface area contributed by atoms with Crippen molar-refractivity contribution in [1.29, 1.82) is 0 Å². The highest BCUT2D eigenvalue weighted by Gasteiger charge is 2.28. The molecule has 0 aromatic heterocycles. The molecule has 0 N–H and O–H groups in total. The van der Waals surface area contributed by atoms with Gasteiger partial charge >= 0.3 is 0 Å². The highest BCUT2D eigenvalue weighted by atomic mass is 79.9. The zero-order valence-corrected chi connectivity index (χ0v) is 27.1. The van der Waals surface area contributed by atoms with Crippen LogP contribution in [0.2, 0.25) is 0 Å². The van der Waals surface area contributed by atoms with Crippen molar-refractivity contribution < 1.29 is 0 Å². The van der Waals surface area contributed by atoms with Crippen LogP contribution in [0, 0.1) is 0 Å². The molecule has 0 bridgehead atoms. The molecule has 0 radical (unpaired) electrons. The molecule has 0 nitrogen and oxygen atoms in total. The van der Waals surface area contributed by atoms with Crippen LogP contribution in [0.3, 0.4) is 0 Å². The van der Waals surface area contributed by atoms with Gasteiger partial charge < -0.3 is 0 Å². The molecular weight excluding hydrogens is 664 g/mol. The van der Waals surface area contributed by atoms with Crippen LogP contribution >= 0.6 is 31.9 Å². The van der Waals surface area contributed by atoms with E-state index in [0.717, 1.165) is 8.95 Å². The Morgan fingerprint density at radius 2 is 0.386 bits per heavy atom. The van der Waals surface area contributed by atoms with Crippen LogP contribution in [0.5, 0.6) is 0 Å². The van der Waals surface area contributed by atoms with Crippen molar-refractivity contribution in [3.05, 3.63) is 179 Å². The summed E-state index contributed by atoms with van der Waals surface area (Å²) < 4.78 is 2.11. The average molecular weight is 692 g/mol. The van der Waals surface area contributed by atoms with Crippen molar-refractivity contribution in [3.8, 4) is 66.8 Å². The summed E-state index contributed by atoms with van der Waals surface area (Å²) in [6.45, 7) is 0. The van der Waals surface area contributed by atoms with E-state index in [2.05, 4.69) is 202 Å². The zero-order chi connectivity index (χ0) is 29.9. The summed E-state index contributed by atoms with van der Waals surface area (Å²) in [6.07, 6.45) is 0. The van der Waals surface area contributed by atoms with Gasteiger partial charge in [-0.15, -0.1) is 0 Å². The second-order valence-electron chi connectivity index (χ2n) is 10.7. The van der Waals surface area contributed by atoms with Gasteiger partial charge in [0, 0.05) is 8.95 Å². The highest BCUT2D eigenvalue weighted by Crippen LogP contribution is 2.55. The normalized spacial score (nSPS) is 11.0. The summed E-state index contributed by atoms with van der Waals surface area (Å²) in [7, 11) is 0. The van der Waals surface area contributed by atoms with E-state index in [1.165, 1.54) is 66.8 Å². The Bertz CT molecular complexity index is 1860. The van der Waals surface area contributed by atoms with Gasteiger partial charge in [0.2, 0.25) is 0 Å². The van der Waals surface area contributed by atoms with E-state index in [0.29, 0.717) is 0 Å². The van der Waals surface area contributed by atoms with Crippen LogP contribution in [-0.2, 0) is 0 Å². The summed E-state index contributed by atoms with van der Waals surface area (Å²) in [4.78, 5) is 0. The average Bonchev–Trinajstić information content (AvgIpc) is 3.09. The molecule has 0 saturated heterocycles. The first-order chi connectivity index (χ1) is 21.7. The first kappa shape index (κ1) is 28.3. The lowest BCUT2D eigenvalue weighted by atomic mass is 9.74. The summed E-state index contributed by atoms with van der Waals surface area (Å²) >= 11 is 7.38. The van der Waals surface area contributed by atoms with Crippen LogP contribution < -0.4 is 0 Å². The molecule has 0 spiro atoms. The Labute approximate surface area is 276 Å². The molecule has 2 heteroatoms. The minimum absolute atomic E-state index is 1.06. The zero-order valence-electron chi connectivity index (χ0n) is 23.9. The van der Waals surface area contributed by atoms with E-state index < -0.39 is 0 Å². The third kappa shape index (κ3) is 5.48. The van der Waals surface area contributed by atoms with Gasteiger partial charge in [-0.3, -0.25) is 0 Å². The molecule has 7 aromatic rings. The lowest BCUT2D eigenvalue weighted by Gasteiger charge is -2.28. The molecule has 210 valence electrons. The van der Waals surface area contributed by atoms with Gasteiger partial charge in [0.05, 0.1) is 0 Å². The lowest BCUT2D eigenvalue weighted by molar-refractivity contribution is 1.51. The fraction of sp³-hybridized carbons (Fsp3) is 0. The largest absolute Gasteiger partial charge is 0.0622 e. The molecule has 0 heterocycles. The first-order valence-corrected chi connectivity index (χ1v) is 16.2. The van der Waals surface area contributed by atoms with E-state index in [1.54, 1.807) is 0 Å². The third-order valence-corrected chi connectivity index (χ3v) is 9.07. The number of hydrogen-bond acceptors (Lipinski definition) is 0. The van der Waals surface area contributed by atoms with Crippen LogP contribution in [0.4, 0.5) is 0 Å². The smallest absolute Gasteiger partial charge is 0.0175 e. The fourth-order valence-corrected chi connectivity index (χ4v) is 6.66. The van der Waals surface area contributed by atoms with Crippen LogP contribution in [-0.4, -0.2) is 0 Å². The third-order valence-electron chi connectivity index (χ3n) is 8.02. The van der Waals surface area contributed by atoms with Crippen LogP contribution in [0.25, 0.3) is 66.8 Å². The Morgan fingerprint density at radius 3 is 0.591 bits per heavy atom. The molecule has 7 rings (SSSR count). The molecule has 7 aromatic carbocycles. The SMILES string of the molecule is Brc1ccc(-c2c(-c3ccccc3)c(-c3ccccc3)c(-c3ccccc3)c(-c3ccccc3)c2-c2ccc(Br)cc2)cc1. The maximum atomic E-state index is 3.69. The van der Waals surface area contributed by atoms with Gasteiger partial charge in [-0.1, -0.05) is 177 Å². The van der Waals surface area contributed by atoms with Crippen molar-refractivity contribution in [3.63, 3.8) is 0 Å². The Hall–Kier alpha value is -4.50. The van der Waals surface area contributed by atoms with Gasteiger partial charge in [0.1, 0.15) is 0 Å². The summed E-state index contributed by atoms with van der Waals surface area (Å²) in [5.74, 6) is 0. The van der Waals surface area contributed by atoms with Crippen molar-refractivity contribution >= 4 is 31.9 Å². The molecule has 0 aliphatic heterocycles. The Balaban J connectivity index is 1.81. The second kappa shape index (κ2) is 12.6. The summed E-state index contributed by atoms with van der Waals surface area (Å²) in [6, 6.07) is 61.0. The topological polar surface area (TPSA) is 0 Å². The number of rotatable bonds is 6. The summed E-state index contributed by atoms with van der Waals surface area (Å²) in [5, 5.41) is 0. The predicted octanol–water partition coefficient (Wildman–Crippen LogP) is 13.2. The monoisotopic (exact) mass is 690 g/mol. The van der Waals surface area contributed by atoms with E-state index in [9.17, 15) is 0 Å². The van der Waals surface area contributed by atoms with Crippen molar-refractivity contribution in [1.82, 2.24) is 0 Å². The standard InChI is InChI=1S/C42H28Br2/c43-35-25-21-33(22-26-35)41-39(31-17-9-3-10-18-31)37(29-13-5-1-6-14-29)38(30-15-7-2-8-16-30)40(32-19-11-4-12-20-32)42(41)34-23-27-36(44)28-24-34/h1-28H. The lowest BCUT2D eigenvalue weighted by Crippen LogP contribution is -2.02. The van der Waals surface area contributed by atoms with Crippen molar-refractivity contribution in [2.45, 2.75) is 0 Å². The number of hydrogen-bond donors (Lipinski definition) is 0.